The number of hydrogen-bond donors (Lipinski definition) is 2. The Kier molecular flexibility index (Phi) is 5.23. The standard InChI is InChI=1S/C12H16N2O5S/c1-3-19-11(15)7-14-20(17,18)9-5-4-8(2)10(6-9)12(13)16/h4-6,14H,3,7H2,1-2H3,(H2,13,16). The van der Waals surface area contributed by atoms with Crippen LogP contribution in [0.3, 0.4) is 0 Å². The van der Waals surface area contributed by atoms with Crippen LogP contribution in [0.4, 0.5) is 0 Å². The Morgan fingerprint density at radius 1 is 1.35 bits per heavy atom. The number of aryl methyl sites for hydroxylation is 1. The molecule has 0 saturated heterocycles. The number of nitrogens with one attached hydrogen (secondary N) is 1. The Morgan fingerprint density at radius 2 is 2.00 bits per heavy atom. The lowest BCUT2D eigenvalue weighted by Gasteiger charge is -2.08. The van der Waals surface area contributed by atoms with E-state index in [1.807, 2.05) is 0 Å². The predicted octanol–water partition coefficient (Wildman–Crippen LogP) is -0.0647. The first-order valence-electron chi connectivity index (χ1n) is 5.83. The van der Waals surface area contributed by atoms with Crippen LogP contribution in [0.25, 0.3) is 0 Å². The van der Waals surface area contributed by atoms with E-state index in [0.29, 0.717) is 5.56 Å². The second kappa shape index (κ2) is 6.49. The number of esters is 1. The maximum atomic E-state index is 12.0. The molecule has 0 saturated carbocycles. The number of amides is 1. The highest BCUT2D eigenvalue weighted by molar-refractivity contribution is 7.89. The summed E-state index contributed by atoms with van der Waals surface area (Å²) < 4.78 is 30.6. The third-order valence-corrected chi connectivity index (χ3v) is 3.90. The zero-order valence-corrected chi connectivity index (χ0v) is 12.0. The van der Waals surface area contributed by atoms with E-state index in [-0.39, 0.29) is 17.1 Å². The van der Waals surface area contributed by atoms with Crippen molar-refractivity contribution in [2.24, 2.45) is 5.73 Å². The second-order valence-corrected chi connectivity index (χ2v) is 5.74. The van der Waals surface area contributed by atoms with E-state index in [2.05, 4.69) is 9.46 Å². The molecule has 1 aromatic carbocycles. The third kappa shape index (κ3) is 4.04. The van der Waals surface area contributed by atoms with Crippen LogP contribution in [0.2, 0.25) is 0 Å². The Bertz CT molecular complexity index is 625. The summed E-state index contributed by atoms with van der Waals surface area (Å²) in [5.41, 5.74) is 5.85. The zero-order chi connectivity index (χ0) is 15.3. The smallest absolute Gasteiger partial charge is 0.321 e. The van der Waals surface area contributed by atoms with Crippen LogP contribution in [0, 0.1) is 6.92 Å². The minimum Gasteiger partial charge on any atom is -0.465 e. The number of hydrogen-bond acceptors (Lipinski definition) is 5. The molecule has 0 aromatic heterocycles. The molecule has 110 valence electrons. The van der Waals surface area contributed by atoms with Crippen LogP contribution in [-0.4, -0.2) is 33.4 Å². The summed E-state index contributed by atoms with van der Waals surface area (Å²) in [5.74, 6) is -1.40. The number of primary amides is 1. The molecular weight excluding hydrogens is 284 g/mol. The Hall–Kier alpha value is -1.93. The molecule has 1 rings (SSSR count). The van der Waals surface area contributed by atoms with Crippen LogP contribution >= 0.6 is 0 Å². The summed E-state index contributed by atoms with van der Waals surface area (Å²) >= 11 is 0. The van der Waals surface area contributed by atoms with Gasteiger partial charge < -0.3 is 10.5 Å². The molecule has 0 atom stereocenters. The van der Waals surface area contributed by atoms with E-state index in [1.165, 1.54) is 18.2 Å². The Morgan fingerprint density at radius 3 is 2.55 bits per heavy atom. The van der Waals surface area contributed by atoms with Gasteiger partial charge in [-0.25, -0.2) is 8.42 Å². The Labute approximate surface area is 117 Å². The van der Waals surface area contributed by atoms with Gasteiger partial charge in [-0.1, -0.05) is 6.07 Å². The molecule has 0 aliphatic heterocycles. The minimum absolute atomic E-state index is 0.115. The highest BCUT2D eigenvalue weighted by Gasteiger charge is 2.18. The van der Waals surface area contributed by atoms with Crippen molar-refractivity contribution in [1.29, 1.82) is 0 Å². The SMILES string of the molecule is CCOC(=O)CNS(=O)(=O)c1ccc(C)c(C(N)=O)c1. The normalized spacial score (nSPS) is 11.1. The fourth-order valence-corrected chi connectivity index (χ4v) is 2.48. The second-order valence-electron chi connectivity index (χ2n) is 3.97. The molecule has 3 N–H and O–H groups in total. The van der Waals surface area contributed by atoms with Crippen molar-refractivity contribution < 1.29 is 22.7 Å². The van der Waals surface area contributed by atoms with Crippen molar-refractivity contribution in [1.82, 2.24) is 4.72 Å². The fourth-order valence-electron chi connectivity index (χ4n) is 1.48. The van der Waals surface area contributed by atoms with Gasteiger partial charge in [0.2, 0.25) is 15.9 Å². The summed E-state index contributed by atoms with van der Waals surface area (Å²) in [6, 6.07) is 3.97. The molecule has 8 heteroatoms. The quantitative estimate of drug-likeness (QED) is 0.714. The number of benzene rings is 1. The highest BCUT2D eigenvalue weighted by Crippen LogP contribution is 2.15. The van der Waals surface area contributed by atoms with E-state index < -0.39 is 28.4 Å². The minimum atomic E-state index is -3.91. The lowest BCUT2D eigenvalue weighted by molar-refractivity contribution is -0.141. The van der Waals surface area contributed by atoms with Crippen molar-refractivity contribution in [3.63, 3.8) is 0 Å². The van der Waals surface area contributed by atoms with Gasteiger partial charge in [0.15, 0.2) is 0 Å². The van der Waals surface area contributed by atoms with Gasteiger partial charge in [0.1, 0.15) is 6.54 Å². The topological polar surface area (TPSA) is 116 Å². The van der Waals surface area contributed by atoms with E-state index in [1.54, 1.807) is 13.8 Å². The van der Waals surface area contributed by atoms with Gasteiger partial charge in [0.25, 0.3) is 0 Å². The largest absolute Gasteiger partial charge is 0.465 e. The van der Waals surface area contributed by atoms with Gasteiger partial charge in [-0.3, -0.25) is 9.59 Å². The fraction of sp³-hybridized carbons (Fsp3) is 0.333. The molecule has 1 aromatic rings. The van der Waals surface area contributed by atoms with Crippen molar-refractivity contribution in [3.8, 4) is 0 Å². The summed E-state index contributed by atoms with van der Waals surface area (Å²) in [6.07, 6.45) is 0. The van der Waals surface area contributed by atoms with Gasteiger partial charge in [-0.05, 0) is 31.5 Å². The molecule has 1 amide bonds. The van der Waals surface area contributed by atoms with Crippen LogP contribution < -0.4 is 10.5 Å². The molecule has 20 heavy (non-hydrogen) atoms. The first-order chi connectivity index (χ1) is 9.27. The lowest BCUT2D eigenvalue weighted by Crippen LogP contribution is -2.31. The van der Waals surface area contributed by atoms with Crippen LogP contribution in [-0.2, 0) is 19.6 Å². The van der Waals surface area contributed by atoms with Crippen molar-refractivity contribution in [2.45, 2.75) is 18.7 Å². The summed E-state index contributed by atoms with van der Waals surface area (Å²) in [5, 5.41) is 0. The van der Waals surface area contributed by atoms with Crippen LogP contribution in [0.1, 0.15) is 22.8 Å². The van der Waals surface area contributed by atoms with E-state index in [0.717, 1.165) is 0 Å². The zero-order valence-electron chi connectivity index (χ0n) is 11.2. The van der Waals surface area contributed by atoms with E-state index in [9.17, 15) is 18.0 Å². The first-order valence-corrected chi connectivity index (χ1v) is 7.32. The maximum Gasteiger partial charge on any atom is 0.321 e. The van der Waals surface area contributed by atoms with Crippen LogP contribution in [0.15, 0.2) is 23.1 Å². The molecular formula is C12H16N2O5S. The van der Waals surface area contributed by atoms with Gasteiger partial charge in [0.05, 0.1) is 11.5 Å². The lowest BCUT2D eigenvalue weighted by atomic mass is 10.1. The highest BCUT2D eigenvalue weighted by atomic mass is 32.2. The number of nitrogens with two attached hydrogens (primary N) is 1. The molecule has 7 nitrogen and oxygen atoms in total. The first kappa shape index (κ1) is 16.1. The van der Waals surface area contributed by atoms with Gasteiger partial charge in [-0.15, -0.1) is 0 Å². The molecule has 0 unspecified atom stereocenters. The monoisotopic (exact) mass is 300 g/mol. The summed E-state index contributed by atoms with van der Waals surface area (Å²) in [6.45, 7) is 2.95. The maximum absolute atomic E-state index is 12.0. The number of carbonyl (C=O) groups excluding carboxylic acids is 2. The summed E-state index contributed by atoms with van der Waals surface area (Å²) in [4.78, 5) is 22.2. The van der Waals surface area contributed by atoms with Crippen molar-refractivity contribution in [2.75, 3.05) is 13.2 Å². The van der Waals surface area contributed by atoms with Gasteiger partial charge in [-0.2, -0.15) is 4.72 Å². The molecule has 0 bridgehead atoms. The van der Waals surface area contributed by atoms with Gasteiger partial charge in [0, 0.05) is 5.56 Å². The third-order valence-electron chi connectivity index (χ3n) is 2.50. The number of rotatable bonds is 6. The predicted molar refractivity (Wildman–Crippen MR) is 71.5 cm³/mol. The van der Waals surface area contributed by atoms with Crippen molar-refractivity contribution >= 4 is 21.9 Å². The average molecular weight is 300 g/mol. The number of ether oxygens (including phenoxy) is 1. The van der Waals surface area contributed by atoms with Gasteiger partial charge >= 0.3 is 5.97 Å². The molecule has 0 aliphatic rings. The number of carbonyl (C=O) groups is 2. The molecule has 0 heterocycles. The van der Waals surface area contributed by atoms with Crippen molar-refractivity contribution in [3.05, 3.63) is 29.3 Å². The van der Waals surface area contributed by atoms with E-state index in [4.69, 9.17) is 5.73 Å². The summed E-state index contributed by atoms with van der Waals surface area (Å²) in [7, 11) is -3.91. The number of sulfonamides is 1. The van der Waals surface area contributed by atoms with E-state index >= 15 is 0 Å². The Balaban J connectivity index is 2.96. The molecule has 0 radical (unpaired) electrons. The molecule has 0 fully saturated rings. The van der Waals surface area contributed by atoms with Crippen LogP contribution in [0.5, 0.6) is 0 Å². The average Bonchev–Trinajstić information content (AvgIpc) is 2.37. The molecule has 0 aliphatic carbocycles. The molecule has 0 spiro atoms.